The fourth-order valence-corrected chi connectivity index (χ4v) is 4.46. The molecule has 0 bridgehead atoms. The van der Waals surface area contributed by atoms with Crippen LogP contribution in [0.4, 0.5) is 0 Å². The SMILES string of the molecule is Br[C@H](CSC[C@@H](Br)c1ccccc1)c1ccccc1. The fraction of sp³-hybridized carbons (Fsp3) is 0.250. The highest BCUT2D eigenvalue weighted by atomic mass is 79.9. The predicted molar refractivity (Wildman–Crippen MR) is 93.5 cm³/mol. The minimum absolute atomic E-state index is 0.425. The molecule has 0 radical (unpaired) electrons. The maximum Gasteiger partial charge on any atom is 0.0485 e. The highest BCUT2D eigenvalue weighted by Crippen LogP contribution is 2.31. The standard InChI is InChI=1S/C16H16Br2S/c17-15(13-7-3-1-4-8-13)11-19-12-16(18)14-9-5-2-6-10-14/h1-10,15-16H,11-12H2/t15-,16-/m1/s1. The van der Waals surface area contributed by atoms with Gasteiger partial charge in [0.15, 0.2) is 0 Å². The van der Waals surface area contributed by atoms with Crippen molar-refractivity contribution in [2.45, 2.75) is 9.65 Å². The number of alkyl halides is 2. The van der Waals surface area contributed by atoms with E-state index in [1.807, 2.05) is 11.8 Å². The van der Waals surface area contributed by atoms with Gasteiger partial charge in [-0.3, -0.25) is 0 Å². The van der Waals surface area contributed by atoms with Gasteiger partial charge >= 0.3 is 0 Å². The van der Waals surface area contributed by atoms with Crippen molar-refractivity contribution in [3.63, 3.8) is 0 Å². The van der Waals surface area contributed by atoms with Gasteiger partial charge in [-0.2, -0.15) is 11.8 Å². The van der Waals surface area contributed by atoms with Crippen LogP contribution in [0, 0.1) is 0 Å². The Morgan fingerprint density at radius 2 is 1.05 bits per heavy atom. The predicted octanol–water partition coefficient (Wildman–Crippen LogP) is 5.99. The molecule has 2 aromatic rings. The summed E-state index contributed by atoms with van der Waals surface area (Å²) in [5.74, 6) is 2.16. The Balaban J connectivity index is 1.78. The van der Waals surface area contributed by atoms with Gasteiger partial charge in [0.1, 0.15) is 0 Å². The lowest BCUT2D eigenvalue weighted by molar-refractivity contribution is 1.11. The molecule has 0 aromatic heterocycles. The Morgan fingerprint density at radius 1 is 0.684 bits per heavy atom. The Kier molecular flexibility index (Phi) is 6.48. The third kappa shape index (κ3) is 4.97. The van der Waals surface area contributed by atoms with E-state index in [0.29, 0.717) is 9.65 Å². The molecule has 3 heteroatoms. The molecule has 0 aliphatic heterocycles. The van der Waals surface area contributed by atoms with E-state index < -0.39 is 0 Å². The molecule has 0 spiro atoms. The number of thioether (sulfide) groups is 1. The van der Waals surface area contributed by atoms with E-state index in [4.69, 9.17) is 0 Å². The minimum atomic E-state index is 0.425. The first-order valence-corrected chi connectivity index (χ1v) is 9.22. The van der Waals surface area contributed by atoms with Gasteiger partial charge in [0.05, 0.1) is 0 Å². The summed E-state index contributed by atoms with van der Waals surface area (Å²) in [7, 11) is 0. The number of halogens is 2. The van der Waals surface area contributed by atoms with Crippen LogP contribution < -0.4 is 0 Å². The quantitative estimate of drug-likeness (QED) is 0.537. The molecule has 2 rings (SSSR count). The summed E-state index contributed by atoms with van der Waals surface area (Å²) in [5.41, 5.74) is 2.70. The van der Waals surface area contributed by atoms with Crippen molar-refractivity contribution in [2.24, 2.45) is 0 Å². The van der Waals surface area contributed by atoms with Crippen molar-refractivity contribution >= 4 is 43.6 Å². The smallest absolute Gasteiger partial charge is 0.0485 e. The lowest BCUT2D eigenvalue weighted by atomic mass is 10.2. The summed E-state index contributed by atoms with van der Waals surface area (Å²) in [6, 6.07) is 21.1. The molecule has 19 heavy (non-hydrogen) atoms. The Bertz CT molecular complexity index is 427. The molecule has 0 N–H and O–H groups in total. The van der Waals surface area contributed by atoms with Gasteiger partial charge < -0.3 is 0 Å². The molecule has 0 heterocycles. The summed E-state index contributed by atoms with van der Waals surface area (Å²) in [4.78, 5) is 0.850. The number of rotatable bonds is 6. The van der Waals surface area contributed by atoms with Gasteiger partial charge in [0.2, 0.25) is 0 Å². The van der Waals surface area contributed by atoms with E-state index in [2.05, 4.69) is 92.5 Å². The maximum atomic E-state index is 3.76. The zero-order valence-corrected chi connectivity index (χ0v) is 14.5. The van der Waals surface area contributed by atoms with Gasteiger partial charge in [0.25, 0.3) is 0 Å². The van der Waals surface area contributed by atoms with E-state index in [1.54, 1.807) is 0 Å². The highest BCUT2D eigenvalue weighted by Gasteiger charge is 2.10. The number of hydrogen-bond acceptors (Lipinski definition) is 1. The molecule has 2 aromatic carbocycles. The van der Waals surface area contributed by atoms with E-state index in [9.17, 15) is 0 Å². The second-order valence-electron chi connectivity index (χ2n) is 4.29. The molecule has 2 atom stereocenters. The van der Waals surface area contributed by atoms with E-state index in [1.165, 1.54) is 11.1 Å². The molecule has 0 nitrogen and oxygen atoms in total. The first-order valence-electron chi connectivity index (χ1n) is 6.23. The molecule has 0 unspecified atom stereocenters. The van der Waals surface area contributed by atoms with Crippen molar-refractivity contribution in [3.05, 3.63) is 71.8 Å². The Labute approximate surface area is 136 Å². The third-order valence-corrected chi connectivity index (χ3v) is 6.55. The van der Waals surface area contributed by atoms with Crippen LogP contribution in [0.2, 0.25) is 0 Å². The van der Waals surface area contributed by atoms with Crippen molar-refractivity contribution in [2.75, 3.05) is 11.5 Å². The summed E-state index contributed by atoms with van der Waals surface area (Å²) >= 11 is 9.48. The van der Waals surface area contributed by atoms with Gasteiger partial charge in [-0.05, 0) is 11.1 Å². The van der Waals surface area contributed by atoms with Crippen LogP contribution in [0.1, 0.15) is 20.8 Å². The second kappa shape index (κ2) is 8.13. The first kappa shape index (κ1) is 15.1. The molecule has 0 aliphatic rings. The van der Waals surface area contributed by atoms with Crippen molar-refractivity contribution in [1.29, 1.82) is 0 Å². The van der Waals surface area contributed by atoms with E-state index >= 15 is 0 Å². The van der Waals surface area contributed by atoms with Gasteiger partial charge in [-0.1, -0.05) is 92.5 Å². The molecule has 0 saturated carbocycles. The molecule has 100 valence electrons. The minimum Gasteiger partial charge on any atom is -0.159 e. The zero-order valence-electron chi connectivity index (χ0n) is 10.5. The lowest BCUT2D eigenvalue weighted by Gasteiger charge is -2.13. The summed E-state index contributed by atoms with van der Waals surface area (Å²) < 4.78 is 0. The largest absolute Gasteiger partial charge is 0.159 e. The Hall–Kier alpha value is -0.250. The zero-order chi connectivity index (χ0) is 13.5. The van der Waals surface area contributed by atoms with E-state index in [0.717, 1.165) is 11.5 Å². The molecular weight excluding hydrogens is 384 g/mol. The maximum absolute atomic E-state index is 3.76. The van der Waals surface area contributed by atoms with Gasteiger partial charge in [-0.15, -0.1) is 0 Å². The fourth-order valence-electron chi connectivity index (χ4n) is 1.79. The van der Waals surface area contributed by atoms with Crippen molar-refractivity contribution in [3.8, 4) is 0 Å². The summed E-state index contributed by atoms with van der Waals surface area (Å²) in [5, 5.41) is 0. The van der Waals surface area contributed by atoms with Crippen LogP contribution in [0.3, 0.4) is 0 Å². The monoisotopic (exact) mass is 398 g/mol. The van der Waals surface area contributed by atoms with Crippen LogP contribution in [0.5, 0.6) is 0 Å². The topological polar surface area (TPSA) is 0 Å². The van der Waals surface area contributed by atoms with Crippen LogP contribution in [-0.2, 0) is 0 Å². The second-order valence-corrected chi connectivity index (χ2v) is 7.58. The van der Waals surface area contributed by atoms with Crippen molar-refractivity contribution in [1.82, 2.24) is 0 Å². The number of hydrogen-bond donors (Lipinski definition) is 0. The van der Waals surface area contributed by atoms with Crippen molar-refractivity contribution < 1.29 is 0 Å². The summed E-state index contributed by atoms with van der Waals surface area (Å²) in [6.07, 6.45) is 0. The molecule has 0 fully saturated rings. The Morgan fingerprint density at radius 3 is 1.42 bits per heavy atom. The third-order valence-electron chi connectivity index (χ3n) is 2.85. The average Bonchev–Trinajstić information content (AvgIpc) is 2.49. The van der Waals surface area contributed by atoms with Gasteiger partial charge in [0, 0.05) is 21.2 Å². The van der Waals surface area contributed by atoms with Crippen LogP contribution in [0.15, 0.2) is 60.7 Å². The number of benzene rings is 2. The van der Waals surface area contributed by atoms with Crippen LogP contribution >= 0.6 is 43.6 Å². The molecule has 0 aliphatic carbocycles. The van der Waals surface area contributed by atoms with E-state index in [-0.39, 0.29) is 0 Å². The molecule has 0 amide bonds. The van der Waals surface area contributed by atoms with Gasteiger partial charge in [-0.25, -0.2) is 0 Å². The normalized spacial score (nSPS) is 14.0. The highest BCUT2D eigenvalue weighted by molar-refractivity contribution is 9.09. The first-order chi connectivity index (χ1) is 9.27. The average molecular weight is 400 g/mol. The molecule has 0 saturated heterocycles. The summed E-state index contributed by atoms with van der Waals surface area (Å²) in [6.45, 7) is 0. The van der Waals surface area contributed by atoms with Crippen LogP contribution in [0.25, 0.3) is 0 Å². The molecular formula is C16H16Br2S. The lowest BCUT2D eigenvalue weighted by Crippen LogP contribution is -1.98. The van der Waals surface area contributed by atoms with Crippen LogP contribution in [-0.4, -0.2) is 11.5 Å².